The first-order valence-corrected chi connectivity index (χ1v) is 22.1. The van der Waals surface area contributed by atoms with Crippen LogP contribution in [-0.4, -0.2) is 15.8 Å². The number of nitrogens with zero attached hydrogens (tertiary/aromatic N) is 2. The monoisotopic (exact) mass is 810 g/mol. The average Bonchev–Trinajstić information content (AvgIpc) is 3.97. The second-order valence-corrected chi connectivity index (χ2v) is 18.0. The van der Waals surface area contributed by atoms with Crippen molar-refractivity contribution in [1.29, 1.82) is 0 Å². The number of thiophene rings is 1. The molecule has 0 N–H and O–H groups in total. The molecule has 0 atom stereocenters. The summed E-state index contributed by atoms with van der Waals surface area (Å²) >= 11 is 1.90. The number of hydrogen-bond donors (Lipinski definition) is 0. The molecule has 2 aliphatic heterocycles. The van der Waals surface area contributed by atoms with Crippen molar-refractivity contribution in [3.05, 3.63) is 187 Å². The van der Waals surface area contributed by atoms with Crippen molar-refractivity contribution in [2.24, 2.45) is 0 Å². The van der Waals surface area contributed by atoms with Crippen molar-refractivity contribution in [3.63, 3.8) is 0 Å². The number of para-hydroxylation sites is 3. The van der Waals surface area contributed by atoms with Crippen molar-refractivity contribution in [3.8, 4) is 45.5 Å². The summed E-state index contributed by atoms with van der Waals surface area (Å²) in [6, 6.07) is 63.9. The minimum absolute atomic E-state index is 0.0862. The first-order chi connectivity index (χ1) is 30.6. The fourth-order valence-corrected chi connectivity index (χ4v) is 12.0. The minimum atomic E-state index is -0.0862. The van der Waals surface area contributed by atoms with Crippen LogP contribution in [0.25, 0.3) is 86.3 Å². The molecule has 12 aromatic rings. The highest BCUT2D eigenvalue weighted by atomic mass is 32.1. The van der Waals surface area contributed by atoms with Crippen LogP contribution in [0, 0.1) is 13.8 Å². The summed E-state index contributed by atoms with van der Waals surface area (Å²) in [5, 5.41) is 7.61. The van der Waals surface area contributed by atoms with Gasteiger partial charge in [-0.25, -0.2) is 0 Å². The zero-order valence-corrected chi connectivity index (χ0v) is 34.8. The van der Waals surface area contributed by atoms with Gasteiger partial charge < -0.3 is 18.6 Å². The van der Waals surface area contributed by atoms with Gasteiger partial charge in [0.1, 0.15) is 23.0 Å². The van der Waals surface area contributed by atoms with E-state index < -0.39 is 0 Å². The van der Waals surface area contributed by atoms with Crippen molar-refractivity contribution >= 4 is 98.2 Å². The minimum Gasteiger partial charge on any atom is -0.458 e. The smallest absolute Gasteiger partial charge is 0.260 e. The summed E-state index contributed by atoms with van der Waals surface area (Å²) < 4.78 is 21.7. The highest BCUT2D eigenvalue weighted by Gasteiger charge is 2.41. The van der Waals surface area contributed by atoms with Gasteiger partial charge in [0.25, 0.3) is 6.71 Å². The van der Waals surface area contributed by atoms with Crippen LogP contribution in [0.2, 0.25) is 0 Å². The Balaban J connectivity index is 1.02. The number of fused-ring (bicyclic) bond motifs is 14. The van der Waals surface area contributed by atoms with Crippen LogP contribution in [0.15, 0.2) is 176 Å². The van der Waals surface area contributed by atoms with E-state index in [2.05, 4.69) is 199 Å². The molecule has 4 nitrogen and oxygen atoms in total. The van der Waals surface area contributed by atoms with Gasteiger partial charge in [0.15, 0.2) is 0 Å². The highest BCUT2D eigenvalue weighted by Crippen LogP contribution is 2.46. The van der Waals surface area contributed by atoms with Crippen LogP contribution in [0.4, 0.5) is 0 Å². The van der Waals surface area contributed by atoms with E-state index in [0.717, 1.165) is 72.9 Å². The van der Waals surface area contributed by atoms with Crippen molar-refractivity contribution in [2.45, 2.75) is 13.8 Å². The maximum absolute atomic E-state index is 7.22. The summed E-state index contributed by atoms with van der Waals surface area (Å²) in [6.45, 7) is 4.37. The first-order valence-electron chi connectivity index (χ1n) is 21.3. The van der Waals surface area contributed by atoms with E-state index in [-0.39, 0.29) is 6.71 Å². The maximum atomic E-state index is 7.22. The fraction of sp³-hybridized carbons (Fsp3) is 0.0357. The molecule has 14 rings (SSSR count). The van der Waals surface area contributed by atoms with Gasteiger partial charge in [-0.15, -0.1) is 11.3 Å². The molecule has 62 heavy (non-hydrogen) atoms. The van der Waals surface area contributed by atoms with Crippen LogP contribution >= 0.6 is 11.3 Å². The zero-order chi connectivity index (χ0) is 40.8. The highest BCUT2D eigenvalue weighted by molar-refractivity contribution is 7.26. The maximum Gasteiger partial charge on any atom is 0.260 e. The molecular weight excluding hydrogens is 776 g/mol. The Morgan fingerprint density at radius 2 is 1.05 bits per heavy atom. The lowest BCUT2D eigenvalue weighted by atomic mass is 9.35. The molecule has 3 aromatic heterocycles. The third kappa shape index (κ3) is 4.67. The van der Waals surface area contributed by atoms with E-state index in [1.165, 1.54) is 63.9 Å². The van der Waals surface area contributed by atoms with Gasteiger partial charge in [-0.1, -0.05) is 115 Å². The van der Waals surface area contributed by atoms with Crippen molar-refractivity contribution in [2.75, 3.05) is 0 Å². The van der Waals surface area contributed by atoms with E-state index in [9.17, 15) is 0 Å². The molecule has 0 radical (unpaired) electrons. The molecule has 0 amide bonds. The van der Waals surface area contributed by atoms with Gasteiger partial charge in [0, 0.05) is 66.4 Å². The predicted molar refractivity (Wildman–Crippen MR) is 261 cm³/mol. The van der Waals surface area contributed by atoms with Gasteiger partial charge in [0.2, 0.25) is 0 Å². The Labute approximate surface area is 361 Å². The summed E-state index contributed by atoms with van der Waals surface area (Å²) in [5.74, 6) is 3.35. The van der Waals surface area contributed by atoms with E-state index in [1.807, 2.05) is 11.3 Å². The second-order valence-electron chi connectivity index (χ2n) is 17.0. The summed E-state index contributed by atoms with van der Waals surface area (Å²) in [5.41, 5.74) is 15.0. The summed E-state index contributed by atoms with van der Waals surface area (Å²) in [4.78, 5) is 0. The number of benzene rings is 9. The second kappa shape index (κ2) is 12.5. The molecule has 0 spiro atoms. The lowest BCUT2D eigenvalue weighted by Gasteiger charge is -2.34. The van der Waals surface area contributed by atoms with Crippen LogP contribution in [0.5, 0.6) is 23.0 Å². The number of aryl methyl sites for hydroxylation is 2. The van der Waals surface area contributed by atoms with Gasteiger partial charge in [-0.05, 0) is 90.0 Å². The molecule has 290 valence electrons. The molecule has 0 fully saturated rings. The van der Waals surface area contributed by atoms with Crippen LogP contribution in [0.1, 0.15) is 11.1 Å². The van der Waals surface area contributed by atoms with Crippen molar-refractivity contribution in [1.82, 2.24) is 9.13 Å². The lowest BCUT2D eigenvalue weighted by molar-refractivity contribution is 0.464. The number of ether oxygens (including phenoxy) is 2. The van der Waals surface area contributed by atoms with Gasteiger partial charge in [-0.2, -0.15) is 0 Å². The average molecular weight is 811 g/mol. The molecule has 0 aliphatic carbocycles. The van der Waals surface area contributed by atoms with E-state index >= 15 is 0 Å². The SMILES string of the molecule is Cc1ccc2sc3c(c(C)cc4c5ccccc5n(-c5ccc6c(c5)Oc5cc(-n7c8ccccc8c8ccccc87)cc7c5B6c5ccc(-c6ccccc6)cc5O7)c43)c2c1. The Morgan fingerprint density at radius 1 is 0.452 bits per heavy atom. The van der Waals surface area contributed by atoms with Crippen molar-refractivity contribution < 1.29 is 9.47 Å². The number of hydrogen-bond acceptors (Lipinski definition) is 3. The molecule has 0 unspecified atom stereocenters. The first kappa shape index (κ1) is 34.2. The molecule has 0 saturated carbocycles. The van der Waals surface area contributed by atoms with Crippen LogP contribution < -0.4 is 25.9 Å². The van der Waals surface area contributed by atoms with Gasteiger partial charge in [0.05, 0.1) is 32.5 Å². The molecule has 0 saturated heterocycles. The van der Waals surface area contributed by atoms with Gasteiger partial charge in [-0.3, -0.25) is 0 Å². The van der Waals surface area contributed by atoms with E-state index in [4.69, 9.17) is 9.47 Å². The molecular formula is C56H35BN2O2S. The Bertz CT molecular complexity index is 3860. The topological polar surface area (TPSA) is 28.3 Å². The normalized spacial score (nSPS) is 12.9. The molecule has 0 bridgehead atoms. The van der Waals surface area contributed by atoms with Crippen LogP contribution in [0.3, 0.4) is 0 Å². The summed E-state index contributed by atoms with van der Waals surface area (Å²) in [7, 11) is 0. The largest absolute Gasteiger partial charge is 0.458 e. The molecule has 2 aliphatic rings. The Hall–Kier alpha value is -7.54. The third-order valence-electron chi connectivity index (χ3n) is 13.4. The Morgan fingerprint density at radius 3 is 1.76 bits per heavy atom. The van der Waals surface area contributed by atoms with E-state index in [0.29, 0.717) is 0 Å². The van der Waals surface area contributed by atoms with Gasteiger partial charge >= 0.3 is 0 Å². The quantitative estimate of drug-likeness (QED) is 0.166. The summed E-state index contributed by atoms with van der Waals surface area (Å²) in [6.07, 6.45) is 0. The predicted octanol–water partition coefficient (Wildman–Crippen LogP) is 13.3. The lowest BCUT2D eigenvalue weighted by Crippen LogP contribution is -2.57. The zero-order valence-electron chi connectivity index (χ0n) is 33.9. The number of rotatable bonds is 3. The van der Waals surface area contributed by atoms with Crippen LogP contribution in [-0.2, 0) is 0 Å². The molecule has 9 aromatic carbocycles. The van der Waals surface area contributed by atoms with E-state index in [1.54, 1.807) is 0 Å². The standard InChI is InChI=1S/C56H35BN2O2S/c1-32-20-25-52-42(26-32)53-33(2)27-41-40-16-8-11-19-47(40)59(55(41)56(53)62-52)36-22-24-44-49(29-36)61-51-31-37(58-45-17-9-6-14-38(45)39-15-7-10-18-46(39)58)30-50-54(51)57(44)43-23-21-35(28-48(43)60-50)34-12-4-3-5-13-34/h3-31H,1-2H3. The Kier molecular flexibility index (Phi) is 6.90. The number of aromatic nitrogens is 2. The fourth-order valence-electron chi connectivity index (χ4n) is 10.7. The molecule has 5 heterocycles. The molecule has 6 heteroatoms. The third-order valence-corrected chi connectivity index (χ3v) is 14.6.